The molecule has 12 nitrogen and oxygen atoms in total. The highest BCUT2D eigenvalue weighted by atomic mass is 32.1. The molecule has 0 aromatic heterocycles. The maximum Gasteiger partial charge on any atom is 0.328 e. The van der Waals surface area contributed by atoms with Crippen molar-refractivity contribution in [2.45, 2.75) is 31.0 Å². The van der Waals surface area contributed by atoms with Gasteiger partial charge in [-0.05, 0) is 6.42 Å². The molecule has 0 saturated heterocycles. The van der Waals surface area contributed by atoms with Gasteiger partial charge in [-0.25, -0.2) is 4.79 Å². The van der Waals surface area contributed by atoms with Crippen molar-refractivity contribution in [3.63, 3.8) is 0 Å². The van der Waals surface area contributed by atoms with Crippen molar-refractivity contribution in [3.05, 3.63) is 0 Å². The van der Waals surface area contributed by atoms with Crippen molar-refractivity contribution in [2.75, 3.05) is 18.9 Å². The number of carboxylic acid groups (broad SMARTS) is 2. The molecule has 148 valence electrons. The summed E-state index contributed by atoms with van der Waals surface area (Å²) < 4.78 is 0. The lowest BCUT2D eigenvalue weighted by Crippen LogP contribution is -2.57. The molecule has 0 aliphatic carbocycles. The van der Waals surface area contributed by atoms with Gasteiger partial charge in [0.25, 0.3) is 0 Å². The summed E-state index contributed by atoms with van der Waals surface area (Å²) in [7, 11) is 0. The van der Waals surface area contributed by atoms with E-state index in [4.69, 9.17) is 21.1 Å². The first-order valence-electron chi connectivity index (χ1n) is 7.42. The second kappa shape index (κ2) is 12.1. The quantitative estimate of drug-likeness (QED) is 0.153. The monoisotopic (exact) mass is 394 g/mol. The van der Waals surface area contributed by atoms with Gasteiger partial charge in [-0.15, -0.1) is 0 Å². The normalized spacial score (nSPS) is 13.8. The van der Waals surface area contributed by atoms with Gasteiger partial charge >= 0.3 is 11.9 Å². The lowest BCUT2D eigenvalue weighted by Gasteiger charge is -2.22. The van der Waals surface area contributed by atoms with Crippen LogP contribution in [0.1, 0.15) is 12.8 Å². The molecule has 0 radical (unpaired) electrons. The van der Waals surface area contributed by atoms with Crippen molar-refractivity contribution in [2.24, 2.45) is 5.73 Å². The standard InChI is InChI=1S/C13H22N4O8S/c14-3-9(19)15-6(1-2-10(20)21)11(22)17-8(5-26)12(23)16-7(4-18)13(24)25/h6-8,18,26H,1-5,14H2,(H,15,19)(H,16,23)(H,17,22)(H,20,21)(H,24,25). The van der Waals surface area contributed by atoms with Crippen LogP contribution in [0, 0.1) is 0 Å². The molecule has 0 rings (SSSR count). The van der Waals surface area contributed by atoms with Crippen LogP contribution in [-0.4, -0.2) is 82.0 Å². The van der Waals surface area contributed by atoms with E-state index in [-0.39, 0.29) is 12.2 Å². The van der Waals surface area contributed by atoms with Crippen molar-refractivity contribution in [1.29, 1.82) is 0 Å². The first kappa shape index (κ1) is 23.6. The molecule has 0 saturated carbocycles. The first-order chi connectivity index (χ1) is 12.2. The van der Waals surface area contributed by atoms with Crippen LogP contribution in [0.5, 0.6) is 0 Å². The van der Waals surface area contributed by atoms with Gasteiger partial charge in [0.1, 0.15) is 18.1 Å². The van der Waals surface area contributed by atoms with Crippen LogP contribution >= 0.6 is 12.6 Å². The second-order valence-corrected chi connectivity index (χ2v) is 5.45. The van der Waals surface area contributed by atoms with Crippen LogP contribution in [-0.2, 0) is 24.0 Å². The molecule has 0 spiro atoms. The minimum absolute atomic E-state index is 0.216. The number of aliphatic hydroxyl groups is 1. The summed E-state index contributed by atoms with van der Waals surface area (Å²) >= 11 is 3.89. The molecule has 26 heavy (non-hydrogen) atoms. The Bertz CT molecular complexity index is 544. The van der Waals surface area contributed by atoms with Crippen LogP contribution in [0.25, 0.3) is 0 Å². The largest absolute Gasteiger partial charge is 0.481 e. The molecule has 0 aliphatic heterocycles. The van der Waals surface area contributed by atoms with Crippen molar-refractivity contribution in [1.82, 2.24) is 16.0 Å². The third-order valence-electron chi connectivity index (χ3n) is 3.10. The lowest BCUT2D eigenvalue weighted by molar-refractivity contribution is -0.143. The number of thiol groups is 1. The van der Waals surface area contributed by atoms with Crippen LogP contribution in [0.15, 0.2) is 0 Å². The van der Waals surface area contributed by atoms with Gasteiger partial charge in [0, 0.05) is 12.2 Å². The Morgan fingerprint density at radius 1 is 0.923 bits per heavy atom. The van der Waals surface area contributed by atoms with E-state index in [9.17, 15) is 24.0 Å². The zero-order valence-corrected chi connectivity index (χ0v) is 14.6. The number of nitrogens with one attached hydrogen (secondary N) is 3. The number of aliphatic hydroxyl groups excluding tert-OH is 1. The number of rotatable bonds is 12. The average Bonchev–Trinajstić information content (AvgIpc) is 2.59. The Kier molecular flexibility index (Phi) is 10.9. The molecule has 3 amide bonds. The van der Waals surface area contributed by atoms with Gasteiger partial charge in [-0.1, -0.05) is 0 Å². The smallest absolute Gasteiger partial charge is 0.328 e. The van der Waals surface area contributed by atoms with Crippen LogP contribution in [0.3, 0.4) is 0 Å². The first-order valence-corrected chi connectivity index (χ1v) is 8.05. The number of nitrogens with two attached hydrogens (primary N) is 1. The zero-order chi connectivity index (χ0) is 20.3. The molecule has 0 fully saturated rings. The average molecular weight is 394 g/mol. The highest BCUT2D eigenvalue weighted by Gasteiger charge is 2.28. The molecular weight excluding hydrogens is 372 g/mol. The maximum atomic E-state index is 12.2. The maximum absolute atomic E-state index is 12.2. The fraction of sp³-hybridized carbons (Fsp3) is 0.615. The summed E-state index contributed by atoms with van der Waals surface area (Å²) in [4.78, 5) is 57.1. The molecule has 0 aromatic carbocycles. The van der Waals surface area contributed by atoms with Gasteiger partial charge in [-0.2, -0.15) is 12.6 Å². The molecule has 8 N–H and O–H groups in total. The Hall–Kier alpha value is -2.38. The van der Waals surface area contributed by atoms with E-state index in [1.807, 2.05) is 5.32 Å². The summed E-state index contributed by atoms with van der Waals surface area (Å²) in [6.07, 6.45) is -0.672. The highest BCUT2D eigenvalue weighted by Crippen LogP contribution is 2.01. The van der Waals surface area contributed by atoms with E-state index in [2.05, 4.69) is 23.3 Å². The Balaban J connectivity index is 5.01. The van der Waals surface area contributed by atoms with Crippen molar-refractivity contribution in [3.8, 4) is 0 Å². The minimum Gasteiger partial charge on any atom is -0.481 e. The zero-order valence-electron chi connectivity index (χ0n) is 13.7. The Morgan fingerprint density at radius 3 is 1.88 bits per heavy atom. The van der Waals surface area contributed by atoms with Crippen LogP contribution in [0.2, 0.25) is 0 Å². The van der Waals surface area contributed by atoms with Gasteiger partial charge in [0.2, 0.25) is 17.7 Å². The molecule has 3 unspecified atom stereocenters. The van der Waals surface area contributed by atoms with Crippen LogP contribution < -0.4 is 21.7 Å². The SMILES string of the molecule is NCC(=O)NC(CCC(=O)O)C(=O)NC(CS)C(=O)NC(CO)C(=O)O. The summed E-state index contributed by atoms with van der Waals surface area (Å²) in [6.45, 7) is -1.29. The molecule has 0 bridgehead atoms. The highest BCUT2D eigenvalue weighted by molar-refractivity contribution is 7.80. The van der Waals surface area contributed by atoms with E-state index in [1.54, 1.807) is 0 Å². The van der Waals surface area contributed by atoms with E-state index in [1.165, 1.54) is 0 Å². The summed E-state index contributed by atoms with van der Waals surface area (Å²) in [5.41, 5.74) is 5.13. The van der Waals surface area contributed by atoms with Crippen molar-refractivity contribution < 1.29 is 39.3 Å². The van der Waals surface area contributed by atoms with E-state index in [0.717, 1.165) is 0 Å². The topological polar surface area (TPSA) is 208 Å². The third kappa shape index (κ3) is 8.64. The molecule has 0 heterocycles. The number of hydrogen-bond donors (Lipinski definition) is 8. The molecule has 3 atom stereocenters. The van der Waals surface area contributed by atoms with Gasteiger partial charge < -0.3 is 37.0 Å². The van der Waals surface area contributed by atoms with Crippen molar-refractivity contribution >= 4 is 42.3 Å². The minimum atomic E-state index is -1.57. The number of hydrogen-bond acceptors (Lipinski definition) is 8. The van der Waals surface area contributed by atoms with Crippen LogP contribution in [0.4, 0.5) is 0 Å². The summed E-state index contributed by atoms with van der Waals surface area (Å²) in [6, 6.07) is -4.10. The summed E-state index contributed by atoms with van der Waals surface area (Å²) in [5, 5.41) is 32.9. The predicted octanol–water partition coefficient (Wildman–Crippen LogP) is -3.73. The lowest BCUT2D eigenvalue weighted by atomic mass is 10.1. The number of carboxylic acids is 2. The molecule has 0 aromatic rings. The fourth-order valence-electron chi connectivity index (χ4n) is 1.71. The molecular formula is C13H22N4O8S. The number of amides is 3. The predicted molar refractivity (Wildman–Crippen MR) is 90.3 cm³/mol. The molecule has 13 heteroatoms. The van der Waals surface area contributed by atoms with Gasteiger partial charge in [-0.3, -0.25) is 19.2 Å². The Morgan fingerprint density at radius 2 is 1.46 bits per heavy atom. The van der Waals surface area contributed by atoms with E-state index in [0.29, 0.717) is 0 Å². The second-order valence-electron chi connectivity index (χ2n) is 5.08. The van der Waals surface area contributed by atoms with E-state index < -0.39 is 67.4 Å². The number of carbonyl (C=O) groups is 5. The van der Waals surface area contributed by atoms with Gasteiger partial charge in [0.05, 0.1) is 13.2 Å². The molecule has 0 aliphatic rings. The van der Waals surface area contributed by atoms with Gasteiger partial charge in [0.15, 0.2) is 0 Å². The summed E-state index contributed by atoms with van der Waals surface area (Å²) in [5.74, 6) is -5.37. The van der Waals surface area contributed by atoms with E-state index >= 15 is 0 Å². The Labute approximate surface area is 153 Å². The number of carbonyl (C=O) groups excluding carboxylic acids is 3. The third-order valence-corrected chi connectivity index (χ3v) is 3.46. The number of aliphatic carboxylic acids is 2. The fourth-order valence-corrected chi connectivity index (χ4v) is 1.97.